The van der Waals surface area contributed by atoms with Crippen molar-refractivity contribution >= 4 is 22.7 Å². The Balaban J connectivity index is 1.97. The Bertz CT molecular complexity index is 1130. The van der Waals surface area contributed by atoms with Crippen LogP contribution in [0, 0.1) is 18.3 Å². The fourth-order valence-corrected chi connectivity index (χ4v) is 4.76. The summed E-state index contributed by atoms with van der Waals surface area (Å²) in [6.45, 7) is 13.5. The molecule has 0 N–H and O–H groups in total. The van der Waals surface area contributed by atoms with Gasteiger partial charge in [0.15, 0.2) is 0 Å². The number of nitrogens with zero attached hydrogens (tertiary/aromatic N) is 3. The van der Waals surface area contributed by atoms with Gasteiger partial charge < -0.3 is 9.80 Å². The monoisotopic (exact) mass is 409 g/mol. The second-order valence-corrected chi connectivity index (χ2v) is 9.07. The Hall–Kier alpha value is -3.25. The highest BCUT2D eigenvalue weighted by molar-refractivity contribution is 5.90. The molecule has 0 fully saturated rings. The number of para-hydroxylation sites is 3. The van der Waals surface area contributed by atoms with E-state index in [0.29, 0.717) is 17.4 Å². The smallest absolute Gasteiger partial charge is 0.108 e. The molecule has 31 heavy (non-hydrogen) atoms. The molecular weight excluding hydrogens is 378 g/mol. The van der Waals surface area contributed by atoms with E-state index < -0.39 is 0 Å². The molecule has 0 amide bonds. The summed E-state index contributed by atoms with van der Waals surface area (Å²) in [5.74, 6) is 0.844. The predicted octanol–water partition coefficient (Wildman–Crippen LogP) is 7.75. The normalized spacial score (nSPS) is 15.5. The Morgan fingerprint density at radius 2 is 1.35 bits per heavy atom. The van der Waals surface area contributed by atoms with E-state index in [-0.39, 0.29) is 6.17 Å². The number of fused-ring (bicyclic) bond motifs is 1. The summed E-state index contributed by atoms with van der Waals surface area (Å²) in [5, 5.41) is 9.50. The van der Waals surface area contributed by atoms with Crippen LogP contribution in [0.4, 0.5) is 22.7 Å². The lowest BCUT2D eigenvalue weighted by molar-refractivity contribution is 0.736. The summed E-state index contributed by atoms with van der Waals surface area (Å²) in [6.07, 6.45) is 0.0856. The number of hydrogen-bond acceptors (Lipinski definition) is 3. The maximum atomic E-state index is 9.50. The standard InChI is InChI=1S/C28H31N3/c1-18(2)23-10-9-11-24(19(3)4)28(23)31-21(6)30(25-12-7-8-13-26(25)31)27-16-22(17-29)15-14-20(27)5/h7-16,18-19,21H,1-6H3. The van der Waals surface area contributed by atoms with Crippen molar-refractivity contribution in [3.8, 4) is 6.07 Å². The van der Waals surface area contributed by atoms with Crippen LogP contribution in [-0.2, 0) is 0 Å². The SMILES string of the molecule is Cc1ccc(C#N)cc1N1c2ccccc2N(c2c(C(C)C)cccc2C(C)C)C1C. The zero-order valence-electron chi connectivity index (χ0n) is 19.3. The van der Waals surface area contributed by atoms with Crippen molar-refractivity contribution in [3.63, 3.8) is 0 Å². The van der Waals surface area contributed by atoms with E-state index in [1.165, 1.54) is 33.8 Å². The second kappa shape index (κ2) is 8.12. The molecule has 3 nitrogen and oxygen atoms in total. The number of benzene rings is 3. The van der Waals surface area contributed by atoms with Crippen molar-refractivity contribution in [2.75, 3.05) is 9.80 Å². The molecule has 1 heterocycles. The molecule has 0 saturated heterocycles. The van der Waals surface area contributed by atoms with Crippen LogP contribution in [0.1, 0.15) is 68.7 Å². The van der Waals surface area contributed by atoms with Crippen molar-refractivity contribution in [1.29, 1.82) is 5.26 Å². The maximum Gasteiger partial charge on any atom is 0.108 e. The van der Waals surface area contributed by atoms with Crippen molar-refractivity contribution in [2.45, 2.75) is 59.5 Å². The van der Waals surface area contributed by atoms with E-state index >= 15 is 0 Å². The summed E-state index contributed by atoms with van der Waals surface area (Å²) in [5.41, 5.74) is 9.42. The van der Waals surface area contributed by atoms with Crippen LogP contribution in [0.15, 0.2) is 60.7 Å². The first kappa shape index (κ1) is 21.0. The van der Waals surface area contributed by atoms with Crippen molar-refractivity contribution < 1.29 is 0 Å². The van der Waals surface area contributed by atoms with Gasteiger partial charge in [0, 0.05) is 5.69 Å². The highest BCUT2D eigenvalue weighted by Crippen LogP contribution is 2.51. The number of anilines is 4. The van der Waals surface area contributed by atoms with Crippen molar-refractivity contribution in [3.05, 3.63) is 82.9 Å². The Labute approximate surface area is 186 Å². The Morgan fingerprint density at radius 1 is 0.774 bits per heavy atom. The van der Waals surface area contributed by atoms with E-state index in [9.17, 15) is 5.26 Å². The van der Waals surface area contributed by atoms with E-state index in [0.717, 1.165) is 5.69 Å². The van der Waals surface area contributed by atoms with E-state index in [1.807, 2.05) is 18.2 Å². The molecule has 1 atom stereocenters. The molecule has 0 aliphatic carbocycles. The van der Waals surface area contributed by atoms with Crippen LogP contribution < -0.4 is 9.80 Å². The molecule has 0 bridgehead atoms. The van der Waals surface area contributed by atoms with Gasteiger partial charge in [0.25, 0.3) is 0 Å². The molecule has 1 aliphatic rings. The number of hydrogen-bond donors (Lipinski definition) is 0. The molecule has 3 heteroatoms. The van der Waals surface area contributed by atoms with Gasteiger partial charge in [0.1, 0.15) is 6.17 Å². The van der Waals surface area contributed by atoms with Gasteiger partial charge in [-0.25, -0.2) is 0 Å². The minimum atomic E-state index is 0.0856. The van der Waals surface area contributed by atoms with E-state index in [1.54, 1.807) is 0 Å². The van der Waals surface area contributed by atoms with Crippen LogP contribution in [0.5, 0.6) is 0 Å². The Kier molecular flexibility index (Phi) is 5.50. The molecule has 1 aliphatic heterocycles. The minimum absolute atomic E-state index is 0.0856. The molecule has 158 valence electrons. The zero-order chi connectivity index (χ0) is 22.3. The quantitative estimate of drug-likeness (QED) is 0.441. The van der Waals surface area contributed by atoms with Crippen LogP contribution in [-0.4, -0.2) is 6.17 Å². The van der Waals surface area contributed by atoms with Crippen molar-refractivity contribution in [1.82, 2.24) is 0 Å². The van der Waals surface area contributed by atoms with Crippen LogP contribution in [0.3, 0.4) is 0 Å². The van der Waals surface area contributed by atoms with Crippen LogP contribution in [0.25, 0.3) is 0 Å². The molecule has 1 unspecified atom stereocenters. The molecule has 0 aromatic heterocycles. The number of aryl methyl sites for hydroxylation is 1. The zero-order valence-corrected chi connectivity index (χ0v) is 19.3. The van der Waals surface area contributed by atoms with Gasteiger partial charge in [-0.05, 0) is 66.6 Å². The van der Waals surface area contributed by atoms with Crippen molar-refractivity contribution in [2.24, 2.45) is 0 Å². The predicted molar refractivity (Wildman–Crippen MR) is 131 cm³/mol. The van der Waals surface area contributed by atoms with Gasteiger partial charge in [-0.3, -0.25) is 0 Å². The lowest BCUT2D eigenvalue weighted by Gasteiger charge is -2.35. The average molecular weight is 410 g/mol. The molecule has 0 spiro atoms. The fourth-order valence-electron chi connectivity index (χ4n) is 4.76. The van der Waals surface area contributed by atoms with E-state index in [4.69, 9.17) is 0 Å². The largest absolute Gasteiger partial charge is 0.318 e. The molecule has 3 aromatic carbocycles. The third kappa shape index (κ3) is 3.47. The number of rotatable bonds is 4. The van der Waals surface area contributed by atoms with Gasteiger partial charge in [-0.2, -0.15) is 5.26 Å². The third-order valence-electron chi connectivity index (χ3n) is 6.33. The summed E-state index contributed by atoms with van der Waals surface area (Å²) >= 11 is 0. The lowest BCUT2D eigenvalue weighted by atomic mass is 9.91. The van der Waals surface area contributed by atoms with Crippen LogP contribution >= 0.6 is 0 Å². The van der Waals surface area contributed by atoms with Gasteiger partial charge in [-0.1, -0.05) is 64.1 Å². The summed E-state index contributed by atoms with van der Waals surface area (Å²) < 4.78 is 0. The second-order valence-electron chi connectivity index (χ2n) is 9.07. The fraction of sp³-hybridized carbons (Fsp3) is 0.321. The molecule has 0 radical (unpaired) electrons. The lowest BCUT2D eigenvalue weighted by Crippen LogP contribution is -2.36. The maximum absolute atomic E-state index is 9.50. The van der Waals surface area contributed by atoms with Gasteiger partial charge in [0.2, 0.25) is 0 Å². The first-order valence-corrected chi connectivity index (χ1v) is 11.2. The molecule has 3 aromatic rings. The van der Waals surface area contributed by atoms with Gasteiger partial charge in [0.05, 0.1) is 28.7 Å². The van der Waals surface area contributed by atoms with Gasteiger partial charge in [-0.15, -0.1) is 0 Å². The van der Waals surface area contributed by atoms with Gasteiger partial charge >= 0.3 is 0 Å². The highest BCUT2D eigenvalue weighted by Gasteiger charge is 2.37. The molecular formula is C28H31N3. The average Bonchev–Trinajstić information content (AvgIpc) is 3.05. The summed E-state index contributed by atoms with van der Waals surface area (Å²) in [4.78, 5) is 4.88. The topological polar surface area (TPSA) is 30.3 Å². The Morgan fingerprint density at radius 3 is 1.90 bits per heavy atom. The first-order valence-electron chi connectivity index (χ1n) is 11.2. The first-order chi connectivity index (χ1) is 14.8. The van der Waals surface area contributed by atoms with Crippen LogP contribution in [0.2, 0.25) is 0 Å². The summed E-state index contributed by atoms with van der Waals surface area (Å²) in [6, 6.07) is 23.6. The minimum Gasteiger partial charge on any atom is -0.318 e. The molecule has 4 rings (SSSR count). The third-order valence-corrected chi connectivity index (χ3v) is 6.33. The highest BCUT2D eigenvalue weighted by atomic mass is 15.4. The summed E-state index contributed by atoms with van der Waals surface area (Å²) in [7, 11) is 0. The number of nitriles is 1. The molecule has 0 saturated carbocycles. The van der Waals surface area contributed by atoms with E-state index in [2.05, 4.69) is 99.9 Å².